The van der Waals surface area contributed by atoms with Gasteiger partial charge in [-0.3, -0.25) is 14.2 Å². The van der Waals surface area contributed by atoms with Gasteiger partial charge in [-0.2, -0.15) is 0 Å². The van der Waals surface area contributed by atoms with Gasteiger partial charge in [0, 0.05) is 11.1 Å². The second kappa shape index (κ2) is 8.12. The molecule has 30 heavy (non-hydrogen) atoms. The number of aromatic nitrogens is 2. The maximum absolute atomic E-state index is 13.1. The maximum atomic E-state index is 13.1. The number of amides is 1. The fraction of sp³-hybridized carbons (Fsp3) is 0.409. The van der Waals surface area contributed by atoms with Gasteiger partial charge in [0.05, 0.1) is 29.5 Å². The number of rotatable bonds is 8. The lowest BCUT2D eigenvalue weighted by Gasteiger charge is -2.18. The van der Waals surface area contributed by atoms with E-state index in [2.05, 4.69) is 10.3 Å². The van der Waals surface area contributed by atoms with Gasteiger partial charge in [-0.1, -0.05) is 23.4 Å². The molecule has 3 aromatic rings. The Bertz CT molecular complexity index is 1120. The van der Waals surface area contributed by atoms with Crippen molar-refractivity contribution in [2.75, 3.05) is 5.75 Å². The van der Waals surface area contributed by atoms with Crippen LogP contribution in [0.2, 0.25) is 5.02 Å². The van der Waals surface area contributed by atoms with Crippen molar-refractivity contribution >= 4 is 40.2 Å². The van der Waals surface area contributed by atoms with Gasteiger partial charge in [-0.05, 0) is 67.9 Å². The molecule has 6 nitrogen and oxygen atoms in total. The summed E-state index contributed by atoms with van der Waals surface area (Å²) >= 11 is 7.37. The van der Waals surface area contributed by atoms with E-state index in [1.807, 2.05) is 6.07 Å². The van der Waals surface area contributed by atoms with Crippen LogP contribution < -0.4 is 10.9 Å². The van der Waals surface area contributed by atoms with Crippen molar-refractivity contribution in [3.05, 3.63) is 57.7 Å². The first-order valence-electron chi connectivity index (χ1n) is 10.2. The number of nitrogens with zero attached hydrogens (tertiary/aromatic N) is 2. The Morgan fingerprint density at radius 3 is 2.70 bits per heavy atom. The second-order valence-electron chi connectivity index (χ2n) is 8.08. The lowest BCUT2D eigenvalue weighted by Crippen LogP contribution is -2.39. The lowest BCUT2D eigenvalue weighted by molar-refractivity contribution is -0.119. The summed E-state index contributed by atoms with van der Waals surface area (Å²) in [6.07, 6.45) is 6.42. The normalized spacial score (nSPS) is 16.3. The number of benzene rings is 1. The van der Waals surface area contributed by atoms with E-state index in [4.69, 9.17) is 16.0 Å². The molecule has 156 valence electrons. The third-order valence-electron chi connectivity index (χ3n) is 5.70. The molecule has 2 aliphatic rings. The standard InChI is InChI=1S/C22H22ClN3O3S/c23-15-7-8-17-18(10-15)24-22(26(21(17)28)11-16-2-1-9-29-16)30-12-19(27)25-20(13-3-4-13)14-5-6-14/h1-2,7-10,13-14,20H,3-6,11-12H2,(H,25,27). The van der Waals surface area contributed by atoms with E-state index in [9.17, 15) is 9.59 Å². The van der Waals surface area contributed by atoms with Crippen LogP contribution in [0, 0.1) is 11.8 Å². The Labute approximate surface area is 183 Å². The molecule has 2 fully saturated rings. The van der Waals surface area contributed by atoms with E-state index in [1.165, 1.54) is 37.4 Å². The number of fused-ring (bicyclic) bond motifs is 1. The van der Waals surface area contributed by atoms with E-state index in [0.29, 0.717) is 44.7 Å². The van der Waals surface area contributed by atoms with Gasteiger partial charge in [0.25, 0.3) is 5.56 Å². The van der Waals surface area contributed by atoms with Gasteiger partial charge in [0.2, 0.25) is 5.91 Å². The molecule has 8 heteroatoms. The average molecular weight is 444 g/mol. The van der Waals surface area contributed by atoms with E-state index >= 15 is 0 Å². The number of carbonyl (C=O) groups is 1. The van der Waals surface area contributed by atoms with Crippen LogP contribution in [0.25, 0.3) is 10.9 Å². The SMILES string of the molecule is O=C(CSc1nc2cc(Cl)ccc2c(=O)n1Cc1ccco1)NC(C1CC1)C1CC1. The first-order chi connectivity index (χ1) is 14.6. The topological polar surface area (TPSA) is 77.1 Å². The Morgan fingerprint density at radius 1 is 1.27 bits per heavy atom. The van der Waals surface area contributed by atoms with Crippen molar-refractivity contribution in [2.45, 2.75) is 43.4 Å². The molecule has 2 saturated carbocycles. The maximum Gasteiger partial charge on any atom is 0.262 e. The third kappa shape index (κ3) is 4.27. The van der Waals surface area contributed by atoms with Crippen molar-refractivity contribution in [1.29, 1.82) is 0 Å². The molecule has 1 N–H and O–H groups in total. The molecule has 2 heterocycles. The van der Waals surface area contributed by atoms with Gasteiger partial charge < -0.3 is 9.73 Å². The molecule has 0 saturated heterocycles. The van der Waals surface area contributed by atoms with Gasteiger partial charge in [-0.15, -0.1) is 0 Å². The van der Waals surface area contributed by atoms with Crippen LogP contribution in [0.1, 0.15) is 31.4 Å². The van der Waals surface area contributed by atoms with Crippen LogP contribution in [0.3, 0.4) is 0 Å². The zero-order chi connectivity index (χ0) is 20.7. The van der Waals surface area contributed by atoms with Crippen LogP contribution in [0.15, 0.2) is 51.0 Å². The first-order valence-corrected chi connectivity index (χ1v) is 11.6. The Hall–Kier alpha value is -2.25. The Balaban J connectivity index is 1.39. The molecule has 0 aliphatic heterocycles. The Morgan fingerprint density at radius 2 is 2.03 bits per heavy atom. The number of nitrogens with one attached hydrogen (secondary N) is 1. The number of hydrogen-bond acceptors (Lipinski definition) is 5. The quantitative estimate of drug-likeness (QED) is 0.419. The number of furan rings is 1. The highest BCUT2D eigenvalue weighted by atomic mass is 35.5. The summed E-state index contributed by atoms with van der Waals surface area (Å²) in [6.45, 7) is 0.258. The lowest BCUT2D eigenvalue weighted by atomic mass is 10.1. The number of halogens is 1. The van der Waals surface area contributed by atoms with Crippen molar-refractivity contribution in [3.8, 4) is 0 Å². The molecule has 2 aliphatic carbocycles. The average Bonchev–Trinajstić information content (AvgIpc) is 3.66. The minimum absolute atomic E-state index is 0.00575. The van der Waals surface area contributed by atoms with E-state index in [0.717, 1.165) is 0 Å². The van der Waals surface area contributed by atoms with Gasteiger partial charge in [0.15, 0.2) is 5.16 Å². The van der Waals surface area contributed by atoms with Crippen LogP contribution in [-0.2, 0) is 11.3 Å². The van der Waals surface area contributed by atoms with E-state index in [1.54, 1.807) is 35.1 Å². The highest BCUT2D eigenvalue weighted by Crippen LogP contribution is 2.44. The van der Waals surface area contributed by atoms with E-state index < -0.39 is 0 Å². The summed E-state index contributed by atoms with van der Waals surface area (Å²) < 4.78 is 6.99. The van der Waals surface area contributed by atoms with Crippen molar-refractivity contribution in [2.24, 2.45) is 11.8 Å². The van der Waals surface area contributed by atoms with E-state index in [-0.39, 0.29) is 23.8 Å². The molecule has 5 rings (SSSR count). The first kappa shape index (κ1) is 19.7. The molecule has 2 aromatic heterocycles. The predicted molar refractivity (Wildman–Crippen MR) is 117 cm³/mol. The molecular weight excluding hydrogens is 422 g/mol. The number of thioether (sulfide) groups is 1. The predicted octanol–water partition coefficient (Wildman–Crippen LogP) is 4.09. The highest BCUT2D eigenvalue weighted by Gasteiger charge is 2.42. The molecule has 0 spiro atoms. The molecular formula is C22H22ClN3O3S. The van der Waals surface area contributed by atoms with Crippen molar-refractivity contribution in [3.63, 3.8) is 0 Å². The second-order valence-corrected chi connectivity index (χ2v) is 9.46. The minimum Gasteiger partial charge on any atom is -0.467 e. The molecule has 1 aromatic carbocycles. The largest absolute Gasteiger partial charge is 0.467 e. The van der Waals surface area contributed by atoms with Gasteiger partial charge >= 0.3 is 0 Å². The van der Waals surface area contributed by atoms with Crippen LogP contribution in [-0.4, -0.2) is 27.3 Å². The van der Waals surface area contributed by atoms with Gasteiger partial charge in [0.1, 0.15) is 5.76 Å². The minimum atomic E-state index is -0.176. The fourth-order valence-corrected chi connectivity index (χ4v) is 4.85. The summed E-state index contributed by atoms with van der Waals surface area (Å²) in [5.74, 6) is 2.15. The van der Waals surface area contributed by atoms with Crippen molar-refractivity contribution < 1.29 is 9.21 Å². The monoisotopic (exact) mass is 443 g/mol. The summed E-state index contributed by atoms with van der Waals surface area (Å²) in [4.78, 5) is 30.4. The zero-order valence-electron chi connectivity index (χ0n) is 16.3. The Kier molecular flexibility index (Phi) is 5.33. The summed E-state index contributed by atoms with van der Waals surface area (Å²) in [7, 11) is 0. The zero-order valence-corrected chi connectivity index (χ0v) is 17.9. The third-order valence-corrected chi connectivity index (χ3v) is 6.91. The number of carbonyl (C=O) groups excluding carboxylic acids is 1. The summed E-state index contributed by atoms with van der Waals surface area (Å²) in [5, 5.41) is 4.71. The van der Waals surface area contributed by atoms with Crippen LogP contribution >= 0.6 is 23.4 Å². The van der Waals surface area contributed by atoms with Gasteiger partial charge in [-0.25, -0.2) is 4.98 Å². The number of hydrogen-bond donors (Lipinski definition) is 1. The summed E-state index contributed by atoms with van der Waals surface area (Å²) in [5.41, 5.74) is 0.352. The summed E-state index contributed by atoms with van der Waals surface area (Å²) in [6, 6.07) is 8.95. The molecule has 0 unspecified atom stereocenters. The van der Waals surface area contributed by atoms with Crippen molar-refractivity contribution in [1.82, 2.24) is 14.9 Å². The van der Waals surface area contributed by atoms with Crippen LogP contribution in [0.4, 0.5) is 0 Å². The van der Waals surface area contributed by atoms with Crippen LogP contribution in [0.5, 0.6) is 0 Å². The molecule has 0 bridgehead atoms. The molecule has 0 radical (unpaired) electrons. The smallest absolute Gasteiger partial charge is 0.262 e. The molecule has 1 amide bonds. The fourth-order valence-electron chi connectivity index (χ4n) is 3.87. The molecule has 0 atom stereocenters. The highest BCUT2D eigenvalue weighted by molar-refractivity contribution is 7.99.